The van der Waals surface area contributed by atoms with Crippen LogP contribution in [0.15, 0.2) is 30.3 Å². The third-order valence-electron chi connectivity index (χ3n) is 6.63. The van der Waals surface area contributed by atoms with Crippen LogP contribution in [0.3, 0.4) is 0 Å². The van der Waals surface area contributed by atoms with E-state index in [2.05, 4.69) is 13.0 Å². The second kappa shape index (κ2) is 21.7. The molecule has 1 aromatic rings. The van der Waals surface area contributed by atoms with Gasteiger partial charge in [0.2, 0.25) is 0 Å². The fraction of sp³-hybridized carbons (Fsp3) is 0.710. The van der Waals surface area contributed by atoms with Crippen molar-refractivity contribution in [1.82, 2.24) is 0 Å². The normalized spacial score (nSPS) is 12.6. The molecule has 0 bridgehead atoms. The molecule has 0 aliphatic carbocycles. The molecule has 0 spiro atoms. The minimum atomic E-state index is -0.736. The molecule has 0 aliphatic heterocycles. The fourth-order valence-corrected chi connectivity index (χ4v) is 5.82. The highest BCUT2D eigenvalue weighted by molar-refractivity contribution is 8.24. The molecule has 0 saturated heterocycles. The van der Waals surface area contributed by atoms with Crippen molar-refractivity contribution in [3.05, 3.63) is 35.9 Å². The zero-order valence-corrected chi connectivity index (χ0v) is 24.5. The Morgan fingerprint density at radius 3 is 1.81 bits per heavy atom. The van der Waals surface area contributed by atoms with E-state index in [0.717, 1.165) is 18.4 Å². The van der Waals surface area contributed by atoms with Crippen LogP contribution in [0.2, 0.25) is 0 Å². The molecular formula is C31H49NO2S2. The number of hydrogen-bond acceptors (Lipinski definition) is 5. The highest BCUT2D eigenvalue weighted by Crippen LogP contribution is 2.33. The van der Waals surface area contributed by atoms with Crippen molar-refractivity contribution in [2.75, 3.05) is 6.61 Å². The van der Waals surface area contributed by atoms with Gasteiger partial charge in [-0.2, -0.15) is 5.26 Å². The van der Waals surface area contributed by atoms with Crippen molar-refractivity contribution < 1.29 is 9.53 Å². The van der Waals surface area contributed by atoms with E-state index in [1.54, 1.807) is 0 Å². The van der Waals surface area contributed by atoms with Crippen LogP contribution >= 0.6 is 24.0 Å². The zero-order valence-electron chi connectivity index (χ0n) is 22.9. The first-order chi connectivity index (χ1) is 17.5. The van der Waals surface area contributed by atoms with E-state index < -0.39 is 4.75 Å². The van der Waals surface area contributed by atoms with Gasteiger partial charge in [0, 0.05) is 6.42 Å². The fourth-order valence-electron chi connectivity index (χ4n) is 4.22. The summed E-state index contributed by atoms with van der Waals surface area (Å²) in [6, 6.07) is 12.0. The predicted octanol–water partition coefficient (Wildman–Crippen LogP) is 9.96. The van der Waals surface area contributed by atoms with Crippen LogP contribution in [0, 0.1) is 11.3 Å². The second-order valence-corrected chi connectivity index (χ2v) is 12.3. The van der Waals surface area contributed by atoms with E-state index in [1.165, 1.54) is 102 Å². The first kappa shape index (κ1) is 32.6. The Balaban J connectivity index is 1.96. The van der Waals surface area contributed by atoms with Crippen molar-refractivity contribution in [3.8, 4) is 6.07 Å². The van der Waals surface area contributed by atoms with E-state index >= 15 is 0 Å². The van der Waals surface area contributed by atoms with Gasteiger partial charge >= 0.3 is 5.97 Å². The molecule has 3 nitrogen and oxygen atoms in total. The Morgan fingerprint density at radius 2 is 1.33 bits per heavy atom. The van der Waals surface area contributed by atoms with E-state index in [0.29, 0.717) is 17.2 Å². The number of unbranched alkanes of at least 4 members (excludes halogenated alkanes) is 15. The third kappa shape index (κ3) is 17.1. The maximum Gasteiger partial charge on any atom is 0.305 e. The molecule has 0 fully saturated rings. The number of benzene rings is 1. The Bertz CT molecular complexity index is 747. The number of esters is 1. The summed E-state index contributed by atoms with van der Waals surface area (Å²) >= 11 is 6.85. The van der Waals surface area contributed by atoms with Crippen LogP contribution in [0.25, 0.3) is 0 Å². The molecular weight excluding hydrogens is 482 g/mol. The number of carbonyl (C=O) groups is 1. The van der Waals surface area contributed by atoms with Gasteiger partial charge in [-0.3, -0.25) is 4.79 Å². The van der Waals surface area contributed by atoms with E-state index in [-0.39, 0.29) is 12.4 Å². The topological polar surface area (TPSA) is 50.1 Å². The molecule has 0 aliphatic rings. The summed E-state index contributed by atoms with van der Waals surface area (Å²) in [5.41, 5.74) is 0.935. The largest absolute Gasteiger partial charge is 0.466 e. The predicted molar refractivity (Wildman–Crippen MR) is 159 cm³/mol. The molecule has 1 aromatic carbocycles. The van der Waals surface area contributed by atoms with E-state index in [4.69, 9.17) is 17.0 Å². The number of nitrogens with zero attached hydrogens (tertiary/aromatic N) is 1. The number of ether oxygens (including phenoxy) is 1. The van der Waals surface area contributed by atoms with Gasteiger partial charge in [-0.1, -0.05) is 158 Å². The van der Waals surface area contributed by atoms with Crippen LogP contribution in [0.4, 0.5) is 0 Å². The van der Waals surface area contributed by atoms with Crippen molar-refractivity contribution >= 4 is 34.1 Å². The first-order valence-corrected chi connectivity index (χ1v) is 15.6. The number of rotatable bonds is 22. The lowest BCUT2D eigenvalue weighted by Gasteiger charge is -2.20. The second-order valence-electron chi connectivity index (χ2n) is 10.1. The molecule has 5 heteroatoms. The van der Waals surface area contributed by atoms with Gasteiger partial charge in [-0.05, 0) is 25.3 Å². The molecule has 0 heterocycles. The average molecular weight is 532 g/mol. The van der Waals surface area contributed by atoms with Gasteiger partial charge < -0.3 is 4.74 Å². The lowest BCUT2D eigenvalue weighted by Crippen LogP contribution is -2.22. The quantitative estimate of drug-likeness (QED) is 0.0846. The monoisotopic (exact) mass is 531 g/mol. The molecule has 202 valence electrons. The number of carbonyl (C=O) groups excluding carboxylic acids is 1. The van der Waals surface area contributed by atoms with Crippen LogP contribution in [0.5, 0.6) is 0 Å². The molecule has 0 radical (unpaired) electrons. The van der Waals surface area contributed by atoms with Gasteiger partial charge in [0.1, 0.15) is 4.75 Å². The highest BCUT2D eigenvalue weighted by Gasteiger charge is 2.28. The lowest BCUT2D eigenvalue weighted by atomic mass is 10.0. The van der Waals surface area contributed by atoms with Gasteiger partial charge in [0.25, 0.3) is 0 Å². The van der Waals surface area contributed by atoms with Crippen LogP contribution < -0.4 is 0 Å². The molecule has 0 saturated carbocycles. The lowest BCUT2D eigenvalue weighted by molar-refractivity contribution is -0.143. The van der Waals surface area contributed by atoms with Gasteiger partial charge in [-0.15, -0.1) is 0 Å². The van der Waals surface area contributed by atoms with Crippen LogP contribution in [-0.4, -0.2) is 21.5 Å². The van der Waals surface area contributed by atoms with Crippen molar-refractivity contribution in [2.24, 2.45) is 0 Å². The number of nitriles is 1. The Labute approximate surface area is 231 Å². The van der Waals surface area contributed by atoms with E-state index in [9.17, 15) is 10.1 Å². The molecule has 0 amide bonds. The minimum absolute atomic E-state index is 0.219. The molecule has 1 atom stereocenters. The molecule has 1 rings (SSSR count). The highest BCUT2D eigenvalue weighted by atomic mass is 32.2. The smallest absolute Gasteiger partial charge is 0.305 e. The molecule has 0 aromatic heterocycles. The maximum atomic E-state index is 12.1. The van der Waals surface area contributed by atoms with Gasteiger partial charge in [0.05, 0.1) is 16.9 Å². The number of thiocarbonyl (C=S) groups is 1. The van der Waals surface area contributed by atoms with Crippen molar-refractivity contribution in [3.63, 3.8) is 0 Å². The Hall–Kier alpha value is -1.38. The average Bonchev–Trinajstić information content (AvgIpc) is 2.89. The van der Waals surface area contributed by atoms with Crippen LogP contribution in [0.1, 0.15) is 135 Å². The summed E-state index contributed by atoms with van der Waals surface area (Å²) in [6.07, 6.45) is 21.9. The minimum Gasteiger partial charge on any atom is -0.466 e. The van der Waals surface area contributed by atoms with Crippen molar-refractivity contribution in [2.45, 2.75) is 134 Å². The summed E-state index contributed by atoms with van der Waals surface area (Å²) in [4.78, 5) is 12.1. The van der Waals surface area contributed by atoms with Gasteiger partial charge in [-0.25, -0.2) is 0 Å². The maximum absolute atomic E-state index is 12.1. The summed E-state index contributed by atoms with van der Waals surface area (Å²) in [5.74, 6) is -0.219. The summed E-state index contributed by atoms with van der Waals surface area (Å²) < 4.78 is 5.35. The summed E-state index contributed by atoms with van der Waals surface area (Å²) in [7, 11) is 0. The Kier molecular flexibility index (Phi) is 19.7. The summed E-state index contributed by atoms with van der Waals surface area (Å²) in [6.45, 7) is 4.60. The van der Waals surface area contributed by atoms with Crippen LogP contribution in [-0.2, 0) is 9.53 Å². The number of thioether (sulfide) groups is 1. The third-order valence-corrected chi connectivity index (χ3v) is 8.28. The van der Waals surface area contributed by atoms with Gasteiger partial charge in [0.15, 0.2) is 0 Å². The van der Waals surface area contributed by atoms with E-state index in [1.807, 2.05) is 37.3 Å². The molecule has 0 N–H and O–H groups in total. The Morgan fingerprint density at radius 1 is 0.861 bits per heavy atom. The molecule has 1 unspecified atom stereocenters. The number of hydrogen-bond donors (Lipinski definition) is 0. The zero-order chi connectivity index (χ0) is 26.3. The standard InChI is InChI=1S/C31H49NO2S2/c1-3-4-5-6-7-8-9-10-11-12-13-14-15-16-17-21-26-34-29(33)24-25-31(2,27-32)36-30(35)28-22-19-18-20-23-28/h18-20,22-23H,3-17,21,24-26H2,1-2H3. The first-order valence-electron chi connectivity index (χ1n) is 14.4. The molecule has 36 heavy (non-hydrogen) atoms. The SMILES string of the molecule is CCCCCCCCCCCCCCCCCCOC(=O)CCC(C)(C#N)SC(=S)c1ccccc1. The van der Waals surface area contributed by atoms with Crippen molar-refractivity contribution in [1.29, 1.82) is 5.26 Å². The summed E-state index contributed by atoms with van der Waals surface area (Å²) in [5, 5.41) is 9.64.